The van der Waals surface area contributed by atoms with Gasteiger partial charge in [0, 0.05) is 16.9 Å². The molecule has 1 atom stereocenters. The van der Waals surface area contributed by atoms with E-state index >= 15 is 0 Å². The minimum atomic E-state index is -2.80. The van der Waals surface area contributed by atoms with Crippen molar-refractivity contribution in [2.45, 2.75) is 71.9 Å². The molecule has 8 heteroatoms. The van der Waals surface area contributed by atoms with Crippen LogP contribution in [0.15, 0.2) is 22.9 Å². The molecule has 3 heterocycles. The third-order valence-corrected chi connectivity index (χ3v) is 6.82. The van der Waals surface area contributed by atoms with Crippen LogP contribution >= 0.6 is 0 Å². The first-order valence-electron chi connectivity index (χ1n) is 11.5. The van der Waals surface area contributed by atoms with E-state index in [1.54, 1.807) is 6.20 Å². The molecule has 0 amide bonds. The van der Waals surface area contributed by atoms with Gasteiger partial charge in [-0.1, -0.05) is 18.0 Å². The van der Waals surface area contributed by atoms with Gasteiger partial charge in [-0.2, -0.15) is 8.78 Å². The van der Waals surface area contributed by atoms with Gasteiger partial charge in [0.1, 0.15) is 17.1 Å². The largest absolute Gasteiger partial charge is 0.361 e. The molecular weight excluding hydrogens is 426 g/mol. The summed E-state index contributed by atoms with van der Waals surface area (Å²) in [5.74, 6) is 2.04. The van der Waals surface area contributed by atoms with E-state index in [-0.39, 0.29) is 12.6 Å². The number of ether oxygens (including phenoxy) is 1. The molecule has 3 aromatic heterocycles. The highest BCUT2D eigenvalue weighted by Crippen LogP contribution is 2.40. The van der Waals surface area contributed by atoms with E-state index in [4.69, 9.17) is 19.2 Å². The third-order valence-electron chi connectivity index (χ3n) is 6.82. The lowest BCUT2D eigenvalue weighted by atomic mass is 9.96. The Hall–Kier alpha value is -2.87. The van der Waals surface area contributed by atoms with E-state index in [0.29, 0.717) is 5.92 Å². The minimum Gasteiger partial charge on any atom is -0.361 e. The average molecular weight is 455 g/mol. The molecule has 0 radical (unpaired) electrons. The van der Waals surface area contributed by atoms with Gasteiger partial charge in [-0.05, 0) is 63.8 Å². The van der Waals surface area contributed by atoms with Crippen LogP contribution in [0.2, 0.25) is 0 Å². The monoisotopic (exact) mass is 454 g/mol. The molecule has 1 saturated carbocycles. The first-order valence-corrected chi connectivity index (χ1v) is 11.5. The number of hydrogen-bond donors (Lipinski definition) is 0. The number of benzene rings is 1. The van der Waals surface area contributed by atoms with Gasteiger partial charge in [-0.25, -0.2) is 4.98 Å². The fourth-order valence-electron chi connectivity index (χ4n) is 5.29. The number of alkyl halides is 2. The Balaban J connectivity index is 1.73. The minimum absolute atomic E-state index is 0.0805. The molecular formula is C25H28F2N4O2. The SMILES string of the molecule is Cc1cc2c(cc1-c1c(C)noc1C)ncc1nc(C3CCCC3)n([C@H](C)COC(F)F)c12. The van der Waals surface area contributed by atoms with Gasteiger partial charge in [0.15, 0.2) is 0 Å². The van der Waals surface area contributed by atoms with Gasteiger partial charge in [0.05, 0.1) is 35.6 Å². The zero-order chi connectivity index (χ0) is 23.3. The molecule has 0 aliphatic heterocycles. The topological polar surface area (TPSA) is 66.0 Å². The maximum absolute atomic E-state index is 12.8. The second-order valence-corrected chi connectivity index (χ2v) is 9.14. The number of nitrogens with zero attached hydrogens (tertiary/aromatic N) is 4. The predicted molar refractivity (Wildman–Crippen MR) is 123 cm³/mol. The Labute approximate surface area is 190 Å². The highest BCUT2D eigenvalue weighted by molar-refractivity contribution is 6.04. The molecule has 1 fully saturated rings. The van der Waals surface area contributed by atoms with Crippen LogP contribution in [0, 0.1) is 20.8 Å². The fourth-order valence-corrected chi connectivity index (χ4v) is 5.29. The van der Waals surface area contributed by atoms with E-state index in [1.165, 1.54) is 0 Å². The van der Waals surface area contributed by atoms with Crippen molar-refractivity contribution < 1.29 is 18.0 Å². The molecule has 0 spiro atoms. The molecule has 6 nitrogen and oxygen atoms in total. The van der Waals surface area contributed by atoms with Crippen LogP contribution in [-0.2, 0) is 4.74 Å². The zero-order valence-electron chi connectivity index (χ0n) is 19.4. The Bertz CT molecular complexity index is 1300. The molecule has 0 unspecified atom stereocenters. The van der Waals surface area contributed by atoms with Crippen LogP contribution in [0.4, 0.5) is 8.78 Å². The second kappa shape index (κ2) is 8.48. The number of hydrogen-bond acceptors (Lipinski definition) is 5. The number of fused-ring (bicyclic) bond motifs is 3. The molecule has 33 heavy (non-hydrogen) atoms. The van der Waals surface area contributed by atoms with E-state index in [1.807, 2.05) is 20.8 Å². The molecule has 174 valence electrons. The number of imidazole rings is 1. The summed E-state index contributed by atoms with van der Waals surface area (Å²) in [6.07, 6.45) is 6.24. The van der Waals surface area contributed by atoms with Crippen LogP contribution < -0.4 is 0 Å². The third kappa shape index (κ3) is 3.80. The lowest BCUT2D eigenvalue weighted by Gasteiger charge is -2.21. The molecule has 4 aromatic rings. The summed E-state index contributed by atoms with van der Waals surface area (Å²) < 4.78 is 37.9. The average Bonchev–Trinajstić information content (AvgIpc) is 3.50. The van der Waals surface area contributed by atoms with Gasteiger partial charge >= 0.3 is 6.61 Å². The standard InChI is InChI=1S/C25H28F2N4O2/c1-13-9-19-20(10-18(13)22-15(3)30-33-16(22)4)28-11-21-23(19)31(14(2)12-32-25(26)27)24(29-21)17-7-5-6-8-17/h9-11,14,17,25H,5-8,12H2,1-4H3/t14-/m1/s1. The zero-order valence-corrected chi connectivity index (χ0v) is 19.4. The van der Waals surface area contributed by atoms with Gasteiger partial charge in [-0.15, -0.1) is 0 Å². The summed E-state index contributed by atoms with van der Waals surface area (Å²) in [4.78, 5) is 9.67. The van der Waals surface area contributed by atoms with E-state index in [0.717, 1.165) is 81.6 Å². The van der Waals surface area contributed by atoms with Gasteiger partial charge < -0.3 is 13.8 Å². The van der Waals surface area contributed by atoms with Gasteiger partial charge in [0.25, 0.3) is 0 Å². The van der Waals surface area contributed by atoms with Crippen molar-refractivity contribution in [1.29, 1.82) is 0 Å². The predicted octanol–water partition coefficient (Wildman–Crippen LogP) is 6.62. The van der Waals surface area contributed by atoms with Crippen LogP contribution in [-0.4, -0.2) is 32.9 Å². The summed E-state index contributed by atoms with van der Waals surface area (Å²) >= 11 is 0. The normalized spacial score (nSPS) is 16.0. The second-order valence-electron chi connectivity index (χ2n) is 9.14. The van der Waals surface area contributed by atoms with Crippen molar-refractivity contribution in [2.24, 2.45) is 0 Å². The summed E-state index contributed by atoms with van der Waals surface area (Å²) in [6.45, 7) is 4.93. The quantitative estimate of drug-likeness (QED) is 0.327. The van der Waals surface area contributed by atoms with Crippen molar-refractivity contribution in [3.63, 3.8) is 0 Å². The van der Waals surface area contributed by atoms with Gasteiger partial charge in [0.2, 0.25) is 0 Å². The van der Waals surface area contributed by atoms with Crippen LogP contribution in [0.5, 0.6) is 0 Å². The highest BCUT2D eigenvalue weighted by atomic mass is 19.3. The Morgan fingerprint density at radius 3 is 2.58 bits per heavy atom. The first kappa shape index (κ1) is 21.9. The number of pyridine rings is 1. The number of halogens is 2. The number of aromatic nitrogens is 4. The molecule has 1 aromatic carbocycles. The molecule has 0 saturated heterocycles. The van der Waals surface area contributed by atoms with E-state index in [2.05, 4.69) is 28.8 Å². The first-order chi connectivity index (χ1) is 15.8. The summed E-state index contributed by atoms with van der Waals surface area (Å²) in [7, 11) is 0. The summed E-state index contributed by atoms with van der Waals surface area (Å²) in [5, 5.41) is 5.06. The van der Waals surface area contributed by atoms with Gasteiger partial charge in [-0.3, -0.25) is 4.98 Å². The van der Waals surface area contributed by atoms with Crippen molar-refractivity contribution in [3.05, 3.63) is 41.2 Å². The van der Waals surface area contributed by atoms with Crippen LogP contribution in [0.3, 0.4) is 0 Å². The van der Waals surface area contributed by atoms with Crippen molar-refractivity contribution in [1.82, 2.24) is 19.7 Å². The highest BCUT2D eigenvalue weighted by Gasteiger charge is 2.28. The number of rotatable bonds is 6. The smallest absolute Gasteiger partial charge is 0.345 e. The molecule has 0 bridgehead atoms. The lowest BCUT2D eigenvalue weighted by molar-refractivity contribution is -0.135. The van der Waals surface area contributed by atoms with Crippen molar-refractivity contribution >= 4 is 21.9 Å². The molecule has 1 aliphatic carbocycles. The molecule has 5 rings (SSSR count). The van der Waals surface area contributed by atoms with Crippen molar-refractivity contribution in [3.8, 4) is 11.1 Å². The maximum Gasteiger partial charge on any atom is 0.345 e. The fraction of sp³-hybridized carbons (Fsp3) is 0.480. The van der Waals surface area contributed by atoms with Crippen molar-refractivity contribution in [2.75, 3.05) is 6.61 Å². The Morgan fingerprint density at radius 1 is 1.15 bits per heavy atom. The Kier molecular flexibility index (Phi) is 5.64. The Morgan fingerprint density at radius 2 is 1.91 bits per heavy atom. The lowest BCUT2D eigenvalue weighted by Crippen LogP contribution is -2.18. The molecule has 0 N–H and O–H groups in total. The van der Waals surface area contributed by atoms with E-state index < -0.39 is 6.61 Å². The maximum atomic E-state index is 12.8. The van der Waals surface area contributed by atoms with Crippen LogP contribution in [0.25, 0.3) is 33.1 Å². The molecule has 1 aliphatic rings. The summed E-state index contributed by atoms with van der Waals surface area (Å²) in [5.41, 5.74) is 6.46. The van der Waals surface area contributed by atoms with E-state index in [9.17, 15) is 8.78 Å². The summed E-state index contributed by atoms with van der Waals surface area (Å²) in [6, 6.07) is 3.89. The van der Waals surface area contributed by atoms with Crippen LogP contribution in [0.1, 0.15) is 67.4 Å². The number of aryl methyl sites for hydroxylation is 3.